The highest BCUT2D eigenvalue weighted by Crippen LogP contribution is 2.57. The molecule has 1 aromatic carbocycles. The van der Waals surface area contributed by atoms with Crippen LogP contribution in [0.1, 0.15) is 31.0 Å². The lowest BCUT2D eigenvalue weighted by molar-refractivity contribution is -0.179. The summed E-state index contributed by atoms with van der Waals surface area (Å²) in [6.07, 6.45) is -4.47. The van der Waals surface area contributed by atoms with Crippen LogP contribution in [0.3, 0.4) is 0 Å². The number of fused-ring (bicyclic) bond motifs is 1. The average Bonchev–Trinajstić information content (AvgIpc) is 3.04. The summed E-state index contributed by atoms with van der Waals surface area (Å²) in [6.45, 7) is 1.53. The lowest BCUT2D eigenvalue weighted by Gasteiger charge is -2.24. The van der Waals surface area contributed by atoms with Crippen LogP contribution in [0.5, 0.6) is 0 Å². The van der Waals surface area contributed by atoms with E-state index in [9.17, 15) is 17.6 Å². The molecule has 0 N–H and O–H groups in total. The van der Waals surface area contributed by atoms with Crippen LogP contribution in [0.25, 0.3) is 11.0 Å². The minimum absolute atomic E-state index is 0.0327. The second-order valence-corrected chi connectivity index (χ2v) is 5.71. The highest BCUT2D eigenvalue weighted by Gasteiger charge is 2.66. The van der Waals surface area contributed by atoms with Gasteiger partial charge in [0.25, 0.3) is 0 Å². The molecule has 108 valence electrons. The Morgan fingerprint density at radius 2 is 2.00 bits per heavy atom. The van der Waals surface area contributed by atoms with E-state index in [1.54, 1.807) is 0 Å². The quantitative estimate of drug-likeness (QED) is 0.589. The number of aromatic nitrogens is 2. The van der Waals surface area contributed by atoms with E-state index in [-0.39, 0.29) is 29.7 Å². The Balaban J connectivity index is 2.34. The van der Waals surface area contributed by atoms with Gasteiger partial charge in [0.05, 0.1) is 10.9 Å². The van der Waals surface area contributed by atoms with E-state index in [1.807, 2.05) is 0 Å². The molecule has 1 atom stereocenters. The van der Waals surface area contributed by atoms with Crippen molar-refractivity contribution < 1.29 is 17.6 Å². The molecule has 7 heteroatoms. The number of benzene rings is 1. The van der Waals surface area contributed by atoms with Gasteiger partial charge in [-0.05, 0) is 31.9 Å². The monoisotopic (exact) mass is 306 g/mol. The van der Waals surface area contributed by atoms with Gasteiger partial charge in [-0.3, -0.25) is 0 Å². The van der Waals surface area contributed by atoms with E-state index in [0.29, 0.717) is 0 Å². The minimum atomic E-state index is -4.41. The first-order chi connectivity index (χ1) is 9.28. The van der Waals surface area contributed by atoms with Crippen LogP contribution >= 0.6 is 11.6 Å². The number of halogens is 5. The summed E-state index contributed by atoms with van der Waals surface area (Å²) in [6, 6.07) is 4.00. The maximum Gasteiger partial charge on any atom is 0.412 e. The number of para-hydroxylation sites is 1. The molecule has 0 amide bonds. The summed E-state index contributed by atoms with van der Waals surface area (Å²) >= 11 is 5.94. The summed E-state index contributed by atoms with van der Waals surface area (Å²) in [4.78, 5) is 3.99. The first-order valence-corrected chi connectivity index (χ1v) is 6.60. The lowest BCUT2D eigenvalue weighted by Crippen LogP contribution is -2.36. The Morgan fingerprint density at radius 1 is 1.35 bits per heavy atom. The van der Waals surface area contributed by atoms with Crippen LogP contribution in [0, 0.1) is 5.82 Å². The molecule has 1 aliphatic carbocycles. The predicted molar refractivity (Wildman–Crippen MR) is 67.2 cm³/mol. The predicted octanol–water partition coefficient (Wildman–Crippen LogP) is 4.53. The Morgan fingerprint density at radius 3 is 2.50 bits per heavy atom. The molecule has 1 fully saturated rings. The van der Waals surface area contributed by atoms with Gasteiger partial charge in [0.15, 0.2) is 5.82 Å². The van der Waals surface area contributed by atoms with Crippen molar-refractivity contribution in [2.75, 3.05) is 0 Å². The first-order valence-electron chi connectivity index (χ1n) is 6.16. The number of hydrogen-bond donors (Lipinski definition) is 0. The molecule has 2 nitrogen and oxygen atoms in total. The average molecular weight is 307 g/mol. The third kappa shape index (κ3) is 1.74. The molecule has 20 heavy (non-hydrogen) atoms. The highest BCUT2D eigenvalue weighted by atomic mass is 35.5. The summed E-state index contributed by atoms with van der Waals surface area (Å²) in [7, 11) is 0. The zero-order valence-electron chi connectivity index (χ0n) is 10.5. The number of alkyl halides is 4. The van der Waals surface area contributed by atoms with E-state index in [4.69, 9.17) is 11.6 Å². The molecule has 1 unspecified atom stereocenters. The van der Waals surface area contributed by atoms with Crippen molar-refractivity contribution in [2.24, 2.45) is 0 Å². The Hall–Kier alpha value is -1.30. The second kappa shape index (κ2) is 4.10. The summed E-state index contributed by atoms with van der Waals surface area (Å²) in [5.41, 5.74) is -1.92. The van der Waals surface area contributed by atoms with Crippen LogP contribution in [-0.4, -0.2) is 15.7 Å². The van der Waals surface area contributed by atoms with Crippen LogP contribution in [0.15, 0.2) is 18.2 Å². The fourth-order valence-electron chi connectivity index (χ4n) is 2.55. The van der Waals surface area contributed by atoms with Crippen LogP contribution in [0.4, 0.5) is 17.6 Å². The normalized spacial score (nSPS) is 19.3. The molecule has 3 rings (SSSR count). The van der Waals surface area contributed by atoms with Gasteiger partial charge in [0.1, 0.15) is 16.9 Å². The molecule has 1 heterocycles. The molecular formula is C13H11ClF4N2. The molecular weight excluding hydrogens is 296 g/mol. The van der Waals surface area contributed by atoms with E-state index in [0.717, 1.165) is 4.57 Å². The number of rotatable bonds is 2. The van der Waals surface area contributed by atoms with Crippen molar-refractivity contribution in [1.29, 1.82) is 0 Å². The van der Waals surface area contributed by atoms with Gasteiger partial charge < -0.3 is 4.57 Å². The summed E-state index contributed by atoms with van der Waals surface area (Å²) < 4.78 is 54.9. The molecule has 1 aliphatic rings. The van der Waals surface area contributed by atoms with Crippen LogP contribution in [-0.2, 0) is 5.54 Å². The second-order valence-electron chi connectivity index (χ2n) is 5.06. The zero-order valence-corrected chi connectivity index (χ0v) is 11.3. The van der Waals surface area contributed by atoms with Gasteiger partial charge in [-0.25, -0.2) is 9.37 Å². The lowest BCUT2D eigenvalue weighted by atomic mass is 10.2. The third-order valence-electron chi connectivity index (χ3n) is 3.70. The Kier molecular flexibility index (Phi) is 2.80. The van der Waals surface area contributed by atoms with E-state index < -0.39 is 22.9 Å². The Bertz CT molecular complexity index is 671. The van der Waals surface area contributed by atoms with E-state index in [1.165, 1.54) is 25.1 Å². The molecule has 0 bridgehead atoms. The SMILES string of the molecule is CC(Cl)c1nc2c(F)cccc2n1C1(C(F)(F)F)CC1. The number of hydrogen-bond acceptors (Lipinski definition) is 1. The van der Waals surface area contributed by atoms with Crippen molar-refractivity contribution in [3.05, 3.63) is 29.8 Å². The molecule has 0 radical (unpaired) electrons. The largest absolute Gasteiger partial charge is 0.412 e. The van der Waals surface area contributed by atoms with Crippen LogP contribution in [0.2, 0.25) is 0 Å². The molecule has 0 aliphatic heterocycles. The molecule has 1 aromatic heterocycles. The zero-order chi connectivity index (χ0) is 14.7. The first kappa shape index (κ1) is 13.7. The summed E-state index contributed by atoms with van der Waals surface area (Å²) in [5, 5.41) is -0.735. The maximum atomic E-state index is 13.7. The fourth-order valence-corrected chi connectivity index (χ4v) is 2.70. The molecule has 0 saturated heterocycles. The van der Waals surface area contributed by atoms with Gasteiger partial charge in [0, 0.05) is 0 Å². The Labute approximate surface area is 117 Å². The standard InChI is InChI=1S/C13H11ClF4N2/c1-7(14)11-19-10-8(15)3-2-4-9(10)20(11)12(5-6-12)13(16,17)18/h2-4,7H,5-6H2,1H3. The van der Waals surface area contributed by atoms with Gasteiger partial charge in [0.2, 0.25) is 0 Å². The number of imidazole rings is 1. The van der Waals surface area contributed by atoms with Gasteiger partial charge in [-0.1, -0.05) is 6.07 Å². The molecule has 2 aromatic rings. The van der Waals surface area contributed by atoms with Gasteiger partial charge in [-0.2, -0.15) is 13.2 Å². The molecule has 1 saturated carbocycles. The molecule has 0 spiro atoms. The van der Waals surface area contributed by atoms with Crippen molar-refractivity contribution in [3.63, 3.8) is 0 Å². The number of nitrogens with zero attached hydrogens (tertiary/aromatic N) is 2. The van der Waals surface area contributed by atoms with E-state index >= 15 is 0 Å². The topological polar surface area (TPSA) is 17.8 Å². The smallest absolute Gasteiger partial charge is 0.311 e. The minimum Gasteiger partial charge on any atom is -0.311 e. The van der Waals surface area contributed by atoms with Gasteiger partial charge >= 0.3 is 6.18 Å². The van der Waals surface area contributed by atoms with E-state index in [2.05, 4.69) is 4.98 Å². The van der Waals surface area contributed by atoms with Crippen molar-refractivity contribution in [2.45, 2.75) is 36.9 Å². The fraction of sp³-hybridized carbons (Fsp3) is 0.462. The highest BCUT2D eigenvalue weighted by molar-refractivity contribution is 6.20. The van der Waals surface area contributed by atoms with Crippen LogP contribution < -0.4 is 0 Å². The van der Waals surface area contributed by atoms with Crippen molar-refractivity contribution in [3.8, 4) is 0 Å². The van der Waals surface area contributed by atoms with Crippen molar-refractivity contribution >= 4 is 22.6 Å². The van der Waals surface area contributed by atoms with Crippen molar-refractivity contribution in [1.82, 2.24) is 9.55 Å². The third-order valence-corrected chi connectivity index (χ3v) is 3.89. The maximum absolute atomic E-state index is 13.7. The van der Waals surface area contributed by atoms with Gasteiger partial charge in [-0.15, -0.1) is 11.6 Å². The summed E-state index contributed by atoms with van der Waals surface area (Å²) in [5.74, 6) is -0.584.